The van der Waals surface area contributed by atoms with E-state index in [1.165, 1.54) is 57.2 Å². The number of fused-ring (bicyclic) bond motifs is 1. The van der Waals surface area contributed by atoms with Crippen LogP contribution >= 0.6 is 0 Å². The van der Waals surface area contributed by atoms with Crippen molar-refractivity contribution in [3.63, 3.8) is 0 Å². The number of benzene rings is 1. The van der Waals surface area contributed by atoms with Gasteiger partial charge in [-0.3, -0.25) is 0 Å². The first-order valence-electron chi connectivity index (χ1n) is 7.94. The minimum Gasteiger partial charge on any atom is -0.316 e. The minimum atomic E-state index is 0.825. The van der Waals surface area contributed by atoms with E-state index in [0.29, 0.717) is 0 Å². The van der Waals surface area contributed by atoms with Crippen molar-refractivity contribution >= 4 is 0 Å². The Hall–Kier alpha value is -0.860. The number of hydrogen-bond donors (Lipinski definition) is 2. The van der Waals surface area contributed by atoms with Crippen LogP contribution in [0.25, 0.3) is 0 Å². The maximum absolute atomic E-state index is 3.64. The van der Waals surface area contributed by atoms with Crippen molar-refractivity contribution in [2.45, 2.75) is 45.1 Å². The third kappa shape index (κ3) is 3.58. The van der Waals surface area contributed by atoms with Crippen molar-refractivity contribution in [2.24, 2.45) is 5.92 Å². The molecule has 1 aliphatic heterocycles. The zero-order valence-corrected chi connectivity index (χ0v) is 11.9. The molecule has 1 aromatic rings. The van der Waals surface area contributed by atoms with Gasteiger partial charge in [-0.1, -0.05) is 18.2 Å². The van der Waals surface area contributed by atoms with Crippen LogP contribution in [0.1, 0.15) is 42.4 Å². The fourth-order valence-electron chi connectivity index (χ4n) is 3.42. The van der Waals surface area contributed by atoms with Crippen LogP contribution < -0.4 is 10.6 Å². The van der Waals surface area contributed by atoms with Crippen molar-refractivity contribution in [3.8, 4) is 0 Å². The van der Waals surface area contributed by atoms with Gasteiger partial charge >= 0.3 is 0 Å². The first-order chi connectivity index (χ1) is 9.42. The van der Waals surface area contributed by atoms with Gasteiger partial charge in [0.2, 0.25) is 0 Å². The predicted molar refractivity (Wildman–Crippen MR) is 80.4 cm³/mol. The van der Waals surface area contributed by atoms with Crippen molar-refractivity contribution in [3.05, 3.63) is 34.9 Å². The number of rotatable bonds is 4. The fraction of sp³-hybridized carbons (Fsp3) is 0.647. The number of hydrogen-bond acceptors (Lipinski definition) is 2. The van der Waals surface area contributed by atoms with E-state index < -0.39 is 0 Å². The zero-order valence-electron chi connectivity index (χ0n) is 11.9. The summed E-state index contributed by atoms with van der Waals surface area (Å²) in [7, 11) is 0. The zero-order chi connectivity index (χ0) is 12.9. The van der Waals surface area contributed by atoms with E-state index in [-0.39, 0.29) is 0 Å². The molecule has 1 atom stereocenters. The lowest BCUT2D eigenvalue weighted by Crippen LogP contribution is -2.35. The minimum absolute atomic E-state index is 0.825. The van der Waals surface area contributed by atoms with E-state index >= 15 is 0 Å². The molecule has 0 saturated carbocycles. The van der Waals surface area contributed by atoms with Gasteiger partial charge in [0.05, 0.1) is 0 Å². The summed E-state index contributed by atoms with van der Waals surface area (Å²) in [5.74, 6) is 0.825. The standard InChI is InChI=1S/C17H26N2/c1-2-6-17-10-14(7-8-16(17)5-1)11-19-13-15-4-3-9-18-12-15/h7-8,10,15,18-19H,1-6,9,11-13H2. The topological polar surface area (TPSA) is 24.1 Å². The van der Waals surface area contributed by atoms with Gasteiger partial charge < -0.3 is 10.6 Å². The van der Waals surface area contributed by atoms with Gasteiger partial charge in [0.1, 0.15) is 0 Å². The number of piperidine rings is 1. The van der Waals surface area contributed by atoms with E-state index in [4.69, 9.17) is 0 Å². The fourth-order valence-corrected chi connectivity index (χ4v) is 3.42. The largest absolute Gasteiger partial charge is 0.316 e. The molecule has 0 radical (unpaired) electrons. The predicted octanol–water partition coefficient (Wildman–Crippen LogP) is 2.65. The Kier molecular flexibility index (Phi) is 4.52. The van der Waals surface area contributed by atoms with Crippen molar-refractivity contribution in [1.29, 1.82) is 0 Å². The first-order valence-corrected chi connectivity index (χ1v) is 7.94. The summed E-state index contributed by atoms with van der Waals surface area (Å²) in [6, 6.07) is 7.10. The van der Waals surface area contributed by atoms with Crippen LogP contribution in [0.2, 0.25) is 0 Å². The highest BCUT2D eigenvalue weighted by molar-refractivity contribution is 5.33. The maximum Gasteiger partial charge on any atom is 0.0205 e. The second-order valence-corrected chi connectivity index (χ2v) is 6.15. The van der Waals surface area contributed by atoms with E-state index in [2.05, 4.69) is 28.8 Å². The van der Waals surface area contributed by atoms with Gasteiger partial charge in [-0.05, 0) is 80.8 Å². The highest BCUT2D eigenvalue weighted by atomic mass is 14.9. The molecule has 0 spiro atoms. The van der Waals surface area contributed by atoms with E-state index in [0.717, 1.165) is 19.0 Å². The highest BCUT2D eigenvalue weighted by Gasteiger charge is 2.12. The quantitative estimate of drug-likeness (QED) is 0.867. The van der Waals surface area contributed by atoms with Gasteiger partial charge in [-0.2, -0.15) is 0 Å². The summed E-state index contributed by atoms with van der Waals surface area (Å²) < 4.78 is 0. The molecule has 1 unspecified atom stereocenters. The van der Waals surface area contributed by atoms with Gasteiger partial charge in [0.25, 0.3) is 0 Å². The Morgan fingerprint density at radius 2 is 2.00 bits per heavy atom. The van der Waals surface area contributed by atoms with E-state index in [9.17, 15) is 0 Å². The maximum atomic E-state index is 3.64. The van der Waals surface area contributed by atoms with Gasteiger partial charge in [0, 0.05) is 6.54 Å². The molecule has 1 heterocycles. The molecule has 104 valence electrons. The summed E-state index contributed by atoms with van der Waals surface area (Å²) in [6.45, 7) is 4.59. The molecule has 0 bridgehead atoms. The van der Waals surface area contributed by atoms with Gasteiger partial charge in [-0.15, -0.1) is 0 Å². The Morgan fingerprint density at radius 1 is 1.11 bits per heavy atom. The molecule has 1 aromatic carbocycles. The van der Waals surface area contributed by atoms with Crippen LogP contribution in [-0.2, 0) is 19.4 Å². The molecule has 2 heteroatoms. The number of nitrogens with one attached hydrogen (secondary N) is 2. The van der Waals surface area contributed by atoms with E-state index in [1.54, 1.807) is 11.1 Å². The molecule has 1 aliphatic carbocycles. The molecule has 19 heavy (non-hydrogen) atoms. The molecule has 0 amide bonds. The average Bonchev–Trinajstić information content (AvgIpc) is 2.48. The van der Waals surface area contributed by atoms with E-state index in [1.807, 2.05) is 0 Å². The second kappa shape index (κ2) is 6.53. The van der Waals surface area contributed by atoms with Crippen LogP contribution in [0.3, 0.4) is 0 Å². The van der Waals surface area contributed by atoms with Crippen LogP contribution in [0.5, 0.6) is 0 Å². The third-order valence-electron chi connectivity index (χ3n) is 4.57. The molecule has 2 N–H and O–H groups in total. The van der Waals surface area contributed by atoms with Crippen molar-refractivity contribution < 1.29 is 0 Å². The summed E-state index contributed by atoms with van der Waals surface area (Å²) in [6.07, 6.45) is 8.04. The first kappa shape index (κ1) is 13.1. The monoisotopic (exact) mass is 258 g/mol. The normalized spacial score (nSPS) is 23.1. The Balaban J connectivity index is 1.49. The summed E-state index contributed by atoms with van der Waals surface area (Å²) in [5.41, 5.74) is 4.65. The lowest BCUT2D eigenvalue weighted by atomic mass is 9.90. The Morgan fingerprint density at radius 3 is 2.84 bits per heavy atom. The molecular formula is C17H26N2. The molecule has 2 nitrogen and oxygen atoms in total. The molecule has 3 rings (SSSR count). The smallest absolute Gasteiger partial charge is 0.0205 e. The second-order valence-electron chi connectivity index (χ2n) is 6.15. The lowest BCUT2D eigenvalue weighted by Gasteiger charge is -2.23. The Bertz CT molecular complexity index is 408. The SMILES string of the molecule is c1cc2c(cc1CNCC1CCCNC1)CCCC2. The van der Waals surface area contributed by atoms with Gasteiger partial charge in [0.15, 0.2) is 0 Å². The molecule has 2 aliphatic rings. The van der Waals surface area contributed by atoms with Crippen LogP contribution in [-0.4, -0.2) is 19.6 Å². The van der Waals surface area contributed by atoms with Crippen LogP contribution in [0.4, 0.5) is 0 Å². The number of aryl methyl sites for hydroxylation is 2. The summed E-state index contributed by atoms with van der Waals surface area (Å²) in [5, 5.41) is 7.12. The summed E-state index contributed by atoms with van der Waals surface area (Å²) >= 11 is 0. The molecule has 1 saturated heterocycles. The van der Waals surface area contributed by atoms with Crippen molar-refractivity contribution in [2.75, 3.05) is 19.6 Å². The Labute approximate surface area is 117 Å². The lowest BCUT2D eigenvalue weighted by molar-refractivity contribution is 0.360. The summed E-state index contributed by atoms with van der Waals surface area (Å²) in [4.78, 5) is 0. The van der Waals surface area contributed by atoms with Gasteiger partial charge in [-0.25, -0.2) is 0 Å². The molecule has 0 aromatic heterocycles. The van der Waals surface area contributed by atoms with Crippen LogP contribution in [0.15, 0.2) is 18.2 Å². The average molecular weight is 258 g/mol. The molecular weight excluding hydrogens is 232 g/mol. The van der Waals surface area contributed by atoms with Crippen molar-refractivity contribution in [1.82, 2.24) is 10.6 Å². The highest BCUT2D eigenvalue weighted by Crippen LogP contribution is 2.22. The molecule has 1 fully saturated rings. The third-order valence-corrected chi connectivity index (χ3v) is 4.57. The van der Waals surface area contributed by atoms with Crippen LogP contribution in [0, 0.1) is 5.92 Å².